The van der Waals surface area contributed by atoms with Crippen LogP contribution in [0.3, 0.4) is 0 Å². The topological polar surface area (TPSA) is 91.6 Å². The average molecular weight is 327 g/mol. The lowest BCUT2D eigenvalue weighted by molar-refractivity contribution is -0.384. The number of nitro benzene ring substituents is 1. The summed E-state index contributed by atoms with van der Waals surface area (Å²) in [5.74, 6) is 0.910. The van der Waals surface area contributed by atoms with Gasteiger partial charge in [-0.1, -0.05) is 6.07 Å². The summed E-state index contributed by atoms with van der Waals surface area (Å²) in [7, 11) is 0. The van der Waals surface area contributed by atoms with Crippen LogP contribution in [0.25, 0.3) is 0 Å². The summed E-state index contributed by atoms with van der Waals surface area (Å²) < 4.78 is 0. The number of pyridine rings is 1. The number of carbonyl (C=O) groups is 1. The summed E-state index contributed by atoms with van der Waals surface area (Å²) in [5, 5.41) is 13.4. The summed E-state index contributed by atoms with van der Waals surface area (Å²) in [6.45, 7) is 2.61. The third kappa shape index (κ3) is 3.60. The Morgan fingerprint density at radius 1 is 1.08 bits per heavy atom. The second-order valence-electron chi connectivity index (χ2n) is 5.40. The van der Waals surface area contributed by atoms with Crippen molar-refractivity contribution in [2.45, 2.75) is 0 Å². The van der Waals surface area contributed by atoms with Crippen LogP contribution in [0.4, 0.5) is 22.0 Å². The molecule has 0 radical (unpaired) electrons. The Kier molecular flexibility index (Phi) is 4.55. The molecule has 1 aliphatic rings. The third-order valence-corrected chi connectivity index (χ3v) is 3.87. The van der Waals surface area contributed by atoms with Gasteiger partial charge in [-0.3, -0.25) is 10.1 Å². The average Bonchev–Trinajstić information content (AvgIpc) is 2.63. The van der Waals surface area contributed by atoms with Crippen molar-refractivity contribution in [1.82, 2.24) is 9.88 Å². The van der Waals surface area contributed by atoms with E-state index in [1.807, 2.05) is 18.2 Å². The molecule has 1 N–H and O–H groups in total. The van der Waals surface area contributed by atoms with Crippen LogP contribution in [0.1, 0.15) is 0 Å². The molecule has 2 amide bonds. The molecule has 8 nitrogen and oxygen atoms in total. The lowest BCUT2D eigenvalue weighted by Gasteiger charge is -2.35. The molecular formula is C16H17N5O3. The predicted molar refractivity (Wildman–Crippen MR) is 90.1 cm³/mol. The number of non-ortho nitro benzene ring substituents is 1. The molecular weight excluding hydrogens is 310 g/mol. The van der Waals surface area contributed by atoms with Gasteiger partial charge in [-0.2, -0.15) is 0 Å². The van der Waals surface area contributed by atoms with E-state index >= 15 is 0 Å². The molecule has 0 bridgehead atoms. The van der Waals surface area contributed by atoms with Gasteiger partial charge in [0.05, 0.1) is 4.92 Å². The second-order valence-corrected chi connectivity index (χ2v) is 5.40. The van der Waals surface area contributed by atoms with Crippen LogP contribution in [-0.2, 0) is 0 Å². The van der Waals surface area contributed by atoms with Crippen LogP contribution in [0.2, 0.25) is 0 Å². The Morgan fingerprint density at radius 2 is 1.79 bits per heavy atom. The maximum atomic E-state index is 12.3. The van der Waals surface area contributed by atoms with E-state index in [1.54, 1.807) is 11.1 Å². The summed E-state index contributed by atoms with van der Waals surface area (Å²) in [6, 6.07) is 11.4. The molecule has 1 saturated heterocycles. The Balaban J connectivity index is 1.54. The molecule has 2 aromatic rings. The highest BCUT2D eigenvalue weighted by atomic mass is 16.6. The quantitative estimate of drug-likeness (QED) is 0.690. The monoisotopic (exact) mass is 327 g/mol. The van der Waals surface area contributed by atoms with Gasteiger partial charge in [0, 0.05) is 50.2 Å². The molecule has 0 spiro atoms. The van der Waals surface area contributed by atoms with Crippen molar-refractivity contribution < 1.29 is 9.72 Å². The minimum atomic E-state index is -0.470. The number of anilines is 2. The van der Waals surface area contributed by atoms with Crippen molar-refractivity contribution in [2.24, 2.45) is 0 Å². The van der Waals surface area contributed by atoms with Crippen molar-refractivity contribution in [3.63, 3.8) is 0 Å². The van der Waals surface area contributed by atoms with Crippen LogP contribution in [0, 0.1) is 10.1 Å². The SMILES string of the molecule is O=C(Nc1ccc([N+](=O)[O-])cc1)N1CCN(c2ccccn2)CC1. The predicted octanol–water partition coefficient (Wildman–Crippen LogP) is 2.34. The standard InChI is InChI=1S/C16H17N5O3/c22-16(18-13-4-6-14(7-5-13)21(23)24)20-11-9-19(10-12-20)15-3-1-2-8-17-15/h1-8H,9-12H2,(H,18,22). The van der Waals surface area contributed by atoms with Gasteiger partial charge in [0.2, 0.25) is 0 Å². The van der Waals surface area contributed by atoms with Crippen molar-refractivity contribution in [3.8, 4) is 0 Å². The fraction of sp³-hybridized carbons (Fsp3) is 0.250. The number of carbonyl (C=O) groups excluding carboxylic acids is 1. The molecule has 1 aliphatic heterocycles. The number of rotatable bonds is 3. The Hall–Kier alpha value is -3.16. The molecule has 0 saturated carbocycles. The Labute approximate surface area is 138 Å². The number of hydrogen-bond donors (Lipinski definition) is 1. The van der Waals surface area contributed by atoms with Gasteiger partial charge in [-0.25, -0.2) is 9.78 Å². The number of nitrogens with zero attached hydrogens (tertiary/aromatic N) is 4. The van der Waals surface area contributed by atoms with Crippen LogP contribution in [0.15, 0.2) is 48.7 Å². The molecule has 1 aromatic carbocycles. The molecule has 1 aromatic heterocycles. The molecule has 2 heterocycles. The first-order chi connectivity index (χ1) is 11.6. The molecule has 3 rings (SSSR count). The zero-order chi connectivity index (χ0) is 16.9. The summed E-state index contributed by atoms with van der Waals surface area (Å²) in [6.07, 6.45) is 1.75. The van der Waals surface area contributed by atoms with E-state index in [-0.39, 0.29) is 11.7 Å². The minimum Gasteiger partial charge on any atom is -0.353 e. The zero-order valence-corrected chi connectivity index (χ0v) is 13.0. The maximum Gasteiger partial charge on any atom is 0.321 e. The fourth-order valence-electron chi connectivity index (χ4n) is 2.55. The number of piperazine rings is 1. The second kappa shape index (κ2) is 6.95. The van der Waals surface area contributed by atoms with E-state index < -0.39 is 4.92 Å². The van der Waals surface area contributed by atoms with Crippen LogP contribution < -0.4 is 10.2 Å². The van der Waals surface area contributed by atoms with Crippen molar-refractivity contribution >= 4 is 23.2 Å². The molecule has 0 unspecified atom stereocenters. The third-order valence-electron chi connectivity index (χ3n) is 3.87. The summed E-state index contributed by atoms with van der Waals surface area (Å²) in [4.78, 5) is 30.6. The van der Waals surface area contributed by atoms with Gasteiger partial charge < -0.3 is 15.1 Å². The highest BCUT2D eigenvalue weighted by Crippen LogP contribution is 2.17. The number of nitro groups is 1. The number of nitrogens with one attached hydrogen (secondary N) is 1. The molecule has 8 heteroatoms. The summed E-state index contributed by atoms with van der Waals surface area (Å²) >= 11 is 0. The highest BCUT2D eigenvalue weighted by molar-refractivity contribution is 5.89. The van der Waals surface area contributed by atoms with E-state index in [4.69, 9.17) is 0 Å². The number of hydrogen-bond acceptors (Lipinski definition) is 5. The smallest absolute Gasteiger partial charge is 0.321 e. The lowest BCUT2D eigenvalue weighted by atomic mass is 10.3. The first-order valence-electron chi connectivity index (χ1n) is 7.60. The van der Waals surface area contributed by atoms with Gasteiger partial charge in [0.1, 0.15) is 5.82 Å². The maximum absolute atomic E-state index is 12.3. The summed E-state index contributed by atoms with van der Waals surface area (Å²) in [5.41, 5.74) is 0.537. The molecule has 124 valence electrons. The van der Waals surface area contributed by atoms with Crippen LogP contribution in [-0.4, -0.2) is 47.0 Å². The van der Waals surface area contributed by atoms with E-state index in [2.05, 4.69) is 15.2 Å². The van der Waals surface area contributed by atoms with Gasteiger partial charge in [0.25, 0.3) is 5.69 Å². The molecule has 1 fully saturated rings. The fourth-order valence-corrected chi connectivity index (χ4v) is 2.55. The van der Waals surface area contributed by atoms with Gasteiger partial charge >= 0.3 is 6.03 Å². The van der Waals surface area contributed by atoms with Gasteiger partial charge in [0.15, 0.2) is 0 Å². The van der Waals surface area contributed by atoms with E-state index in [0.717, 1.165) is 5.82 Å². The number of urea groups is 1. The van der Waals surface area contributed by atoms with Gasteiger partial charge in [-0.05, 0) is 24.3 Å². The van der Waals surface area contributed by atoms with Crippen LogP contribution in [0.5, 0.6) is 0 Å². The van der Waals surface area contributed by atoms with E-state index in [0.29, 0.717) is 31.9 Å². The minimum absolute atomic E-state index is 0.00280. The number of amides is 2. The van der Waals surface area contributed by atoms with E-state index in [9.17, 15) is 14.9 Å². The first kappa shape index (κ1) is 15.7. The van der Waals surface area contributed by atoms with Gasteiger partial charge in [-0.15, -0.1) is 0 Å². The van der Waals surface area contributed by atoms with Crippen LogP contribution >= 0.6 is 0 Å². The normalized spacial score (nSPS) is 14.3. The Morgan fingerprint density at radius 3 is 2.38 bits per heavy atom. The Bertz CT molecular complexity index is 712. The van der Waals surface area contributed by atoms with Crippen molar-refractivity contribution in [2.75, 3.05) is 36.4 Å². The lowest BCUT2D eigenvalue weighted by Crippen LogP contribution is -2.50. The first-order valence-corrected chi connectivity index (χ1v) is 7.60. The molecule has 0 atom stereocenters. The number of aromatic nitrogens is 1. The van der Waals surface area contributed by atoms with Crippen molar-refractivity contribution in [3.05, 3.63) is 58.8 Å². The van der Waals surface area contributed by atoms with Crippen molar-refractivity contribution in [1.29, 1.82) is 0 Å². The highest BCUT2D eigenvalue weighted by Gasteiger charge is 2.21. The van der Waals surface area contributed by atoms with E-state index in [1.165, 1.54) is 24.3 Å². The molecule has 24 heavy (non-hydrogen) atoms. The molecule has 0 aliphatic carbocycles. The zero-order valence-electron chi connectivity index (χ0n) is 13.0. The number of benzene rings is 1. The largest absolute Gasteiger partial charge is 0.353 e.